The monoisotopic (exact) mass is 201 g/mol. The van der Waals surface area contributed by atoms with Crippen LogP contribution in [0.4, 0.5) is 0 Å². The standard InChI is InChI=1S/C9H15NO4/c1-6(11)5-7(10-2)3-4-8(12)9(13)14/h7,10H,3-5H2,1-2H3,(H,13,14)/t7-/m0/s1. The molecule has 80 valence electrons. The van der Waals surface area contributed by atoms with Crippen molar-refractivity contribution < 1.29 is 19.5 Å². The van der Waals surface area contributed by atoms with E-state index in [1.54, 1.807) is 7.05 Å². The van der Waals surface area contributed by atoms with Crippen molar-refractivity contribution in [3.05, 3.63) is 0 Å². The highest BCUT2D eigenvalue weighted by Gasteiger charge is 2.15. The van der Waals surface area contributed by atoms with Crippen LogP contribution in [0.15, 0.2) is 0 Å². The van der Waals surface area contributed by atoms with Crippen molar-refractivity contribution in [2.45, 2.75) is 32.2 Å². The number of rotatable bonds is 7. The molecule has 0 fully saturated rings. The average Bonchev–Trinajstić information content (AvgIpc) is 2.10. The van der Waals surface area contributed by atoms with Gasteiger partial charge in [-0.1, -0.05) is 0 Å². The Morgan fingerprint density at radius 2 is 1.93 bits per heavy atom. The van der Waals surface area contributed by atoms with Gasteiger partial charge in [0.2, 0.25) is 5.78 Å². The molecule has 0 aromatic rings. The molecule has 0 heterocycles. The molecule has 5 nitrogen and oxygen atoms in total. The van der Waals surface area contributed by atoms with Gasteiger partial charge in [-0.2, -0.15) is 0 Å². The molecule has 0 aliphatic rings. The van der Waals surface area contributed by atoms with Crippen LogP contribution in [0.2, 0.25) is 0 Å². The zero-order valence-corrected chi connectivity index (χ0v) is 8.37. The predicted molar refractivity (Wildman–Crippen MR) is 50.0 cm³/mol. The summed E-state index contributed by atoms with van der Waals surface area (Å²) in [5.41, 5.74) is 0. The number of nitrogens with one attached hydrogen (secondary N) is 1. The number of ketones is 2. The van der Waals surface area contributed by atoms with Gasteiger partial charge in [0, 0.05) is 18.9 Å². The fraction of sp³-hybridized carbons (Fsp3) is 0.667. The molecule has 0 bridgehead atoms. The fourth-order valence-corrected chi connectivity index (χ4v) is 1.11. The summed E-state index contributed by atoms with van der Waals surface area (Å²) >= 11 is 0. The maximum atomic E-state index is 10.8. The Kier molecular flexibility index (Phi) is 5.71. The van der Waals surface area contributed by atoms with E-state index >= 15 is 0 Å². The summed E-state index contributed by atoms with van der Waals surface area (Å²) in [5.74, 6) is -2.20. The zero-order valence-electron chi connectivity index (χ0n) is 8.37. The molecule has 0 saturated carbocycles. The van der Waals surface area contributed by atoms with E-state index in [9.17, 15) is 14.4 Å². The summed E-state index contributed by atoms with van der Waals surface area (Å²) in [4.78, 5) is 31.7. The highest BCUT2D eigenvalue weighted by atomic mass is 16.4. The molecular weight excluding hydrogens is 186 g/mol. The molecule has 2 N–H and O–H groups in total. The summed E-state index contributed by atoms with van der Waals surface area (Å²) < 4.78 is 0. The van der Waals surface area contributed by atoms with Crippen LogP contribution in [0, 0.1) is 0 Å². The maximum absolute atomic E-state index is 10.8. The lowest BCUT2D eigenvalue weighted by atomic mass is 10.0. The minimum Gasteiger partial charge on any atom is -0.476 e. The molecular formula is C9H15NO4. The molecule has 5 heteroatoms. The average molecular weight is 201 g/mol. The van der Waals surface area contributed by atoms with Gasteiger partial charge in [0.15, 0.2) is 0 Å². The van der Waals surface area contributed by atoms with E-state index in [-0.39, 0.29) is 18.2 Å². The molecule has 0 spiro atoms. The number of carboxylic acids is 1. The molecule has 0 saturated heterocycles. The van der Waals surface area contributed by atoms with Gasteiger partial charge in [-0.25, -0.2) is 4.79 Å². The van der Waals surface area contributed by atoms with Gasteiger partial charge in [0.25, 0.3) is 0 Å². The molecule has 0 aromatic heterocycles. The zero-order chi connectivity index (χ0) is 11.1. The van der Waals surface area contributed by atoms with Gasteiger partial charge in [-0.15, -0.1) is 0 Å². The topological polar surface area (TPSA) is 83.5 Å². The number of carbonyl (C=O) groups is 3. The first-order chi connectivity index (χ1) is 6.47. The van der Waals surface area contributed by atoms with Crippen LogP contribution < -0.4 is 5.32 Å². The van der Waals surface area contributed by atoms with Gasteiger partial charge in [0.1, 0.15) is 5.78 Å². The van der Waals surface area contributed by atoms with Crippen molar-refractivity contribution in [2.24, 2.45) is 0 Å². The van der Waals surface area contributed by atoms with Crippen LogP contribution in [-0.4, -0.2) is 35.7 Å². The second-order valence-electron chi connectivity index (χ2n) is 3.16. The van der Waals surface area contributed by atoms with Crippen molar-refractivity contribution in [3.8, 4) is 0 Å². The second-order valence-corrected chi connectivity index (χ2v) is 3.16. The molecule has 0 aromatic carbocycles. The van der Waals surface area contributed by atoms with E-state index in [0.717, 1.165) is 0 Å². The molecule has 0 rings (SSSR count). The summed E-state index contributed by atoms with van der Waals surface area (Å²) in [6.07, 6.45) is 0.665. The number of carboxylic acid groups (broad SMARTS) is 1. The Morgan fingerprint density at radius 1 is 1.36 bits per heavy atom. The first-order valence-electron chi connectivity index (χ1n) is 4.40. The van der Waals surface area contributed by atoms with Crippen molar-refractivity contribution in [3.63, 3.8) is 0 Å². The number of Topliss-reactive ketones (excluding diaryl/α,β-unsaturated/α-hetero) is 2. The quantitative estimate of drug-likeness (QED) is 0.566. The van der Waals surface area contributed by atoms with Crippen LogP contribution in [0.25, 0.3) is 0 Å². The molecule has 0 aliphatic carbocycles. The lowest BCUT2D eigenvalue weighted by Crippen LogP contribution is -2.29. The minimum absolute atomic E-state index is 0.0205. The van der Waals surface area contributed by atoms with Gasteiger partial charge in [0.05, 0.1) is 0 Å². The van der Waals surface area contributed by atoms with Crippen molar-refractivity contribution >= 4 is 17.5 Å². The largest absolute Gasteiger partial charge is 0.476 e. The van der Waals surface area contributed by atoms with E-state index in [4.69, 9.17) is 5.11 Å². The third-order valence-electron chi connectivity index (χ3n) is 1.90. The lowest BCUT2D eigenvalue weighted by molar-refractivity contribution is -0.149. The van der Waals surface area contributed by atoms with Crippen molar-refractivity contribution in [2.75, 3.05) is 7.05 Å². The molecule has 0 amide bonds. The van der Waals surface area contributed by atoms with Crippen LogP contribution in [0.5, 0.6) is 0 Å². The highest BCUT2D eigenvalue weighted by molar-refractivity contribution is 6.32. The van der Waals surface area contributed by atoms with Crippen LogP contribution in [0.1, 0.15) is 26.2 Å². The molecule has 14 heavy (non-hydrogen) atoms. The smallest absolute Gasteiger partial charge is 0.372 e. The first kappa shape index (κ1) is 12.8. The Hall–Kier alpha value is -1.23. The first-order valence-corrected chi connectivity index (χ1v) is 4.40. The molecule has 1 atom stereocenters. The maximum Gasteiger partial charge on any atom is 0.372 e. The minimum atomic E-state index is -1.41. The molecule has 0 unspecified atom stereocenters. The number of hydrogen-bond donors (Lipinski definition) is 2. The van der Waals surface area contributed by atoms with E-state index in [1.807, 2.05) is 0 Å². The van der Waals surface area contributed by atoms with Crippen molar-refractivity contribution in [1.82, 2.24) is 5.32 Å². The van der Waals surface area contributed by atoms with E-state index < -0.39 is 11.8 Å². The summed E-state index contributed by atoms with van der Waals surface area (Å²) in [6.45, 7) is 1.46. The number of aliphatic carboxylic acids is 1. The molecule has 0 aliphatic heterocycles. The summed E-state index contributed by atoms with van der Waals surface area (Å²) in [5, 5.41) is 11.2. The van der Waals surface area contributed by atoms with E-state index in [0.29, 0.717) is 12.8 Å². The van der Waals surface area contributed by atoms with Crippen LogP contribution >= 0.6 is 0 Å². The molecule has 0 radical (unpaired) electrons. The number of carbonyl (C=O) groups excluding carboxylic acids is 2. The Balaban J connectivity index is 3.89. The van der Waals surface area contributed by atoms with Gasteiger partial charge < -0.3 is 10.4 Å². The summed E-state index contributed by atoms with van der Waals surface area (Å²) in [6, 6.07) is -0.115. The Bertz CT molecular complexity index is 237. The van der Waals surface area contributed by atoms with Gasteiger partial charge in [-0.3, -0.25) is 9.59 Å². The van der Waals surface area contributed by atoms with E-state index in [2.05, 4.69) is 5.32 Å². The van der Waals surface area contributed by atoms with Gasteiger partial charge in [-0.05, 0) is 20.4 Å². The number of hydrogen-bond acceptors (Lipinski definition) is 4. The van der Waals surface area contributed by atoms with Crippen molar-refractivity contribution in [1.29, 1.82) is 0 Å². The predicted octanol–water partition coefficient (Wildman–Crippen LogP) is -0.0126. The second kappa shape index (κ2) is 6.26. The lowest BCUT2D eigenvalue weighted by Gasteiger charge is -2.12. The third-order valence-corrected chi connectivity index (χ3v) is 1.90. The Labute approximate surface area is 82.5 Å². The van der Waals surface area contributed by atoms with Crippen LogP contribution in [0.3, 0.4) is 0 Å². The fourth-order valence-electron chi connectivity index (χ4n) is 1.11. The third kappa shape index (κ3) is 5.42. The normalized spacial score (nSPS) is 12.1. The van der Waals surface area contributed by atoms with Crippen LogP contribution in [-0.2, 0) is 14.4 Å². The highest BCUT2D eigenvalue weighted by Crippen LogP contribution is 2.03. The summed E-state index contributed by atoms with van der Waals surface area (Å²) in [7, 11) is 1.68. The van der Waals surface area contributed by atoms with E-state index in [1.165, 1.54) is 6.92 Å². The van der Waals surface area contributed by atoms with Gasteiger partial charge >= 0.3 is 5.97 Å². The SMILES string of the molecule is CN[C@@H](CCC(=O)C(=O)O)CC(C)=O. The Morgan fingerprint density at radius 3 is 2.29 bits per heavy atom.